The highest BCUT2D eigenvalue weighted by Gasteiger charge is 2.09. The summed E-state index contributed by atoms with van der Waals surface area (Å²) < 4.78 is 8.95. The van der Waals surface area contributed by atoms with Crippen molar-refractivity contribution in [2.75, 3.05) is 13.7 Å². The van der Waals surface area contributed by atoms with Crippen LogP contribution >= 0.6 is 24.0 Å². The normalized spacial score (nSPS) is 11.2. The van der Waals surface area contributed by atoms with Crippen molar-refractivity contribution < 1.29 is 4.74 Å². The number of aromatic nitrogens is 4. The maximum absolute atomic E-state index is 5.20. The summed E-state index contributed by atoms with van der Waals surface area (Å²) >= 11 is 0. The summed E-state index contributed by atoms with van der Waals surface area (Å²) in [5.41, 5.74) is 5.23. The van der Waals surface area contributed by atoms with E-state index < -0.39 is 0 Å². The summed E-state index contributed by atoms with van der Waals surface area (Å²) in [7, 11) is 3.62. The molecule has 3 rings (SSSR count). The van der Waals surface area contributed by atoms with Crippen molar-refractivity contribution in [3.63, 3.8) is 0 Å². The molecule has 0 atom stereocenters. The lowest BCUT2D eigenvalue weighted by atomic mass is 10.2. The van der Waals surface area contributed by atoms with Gasteiger partial charge in [0.25, 0.3) is 0 Å². The number of nitrogens with zero attached hydrogens (tertiary/aromatic N) is 5. The lowest BCUT2D eigenvalue weighted by Gasteiger charge is -2.10. The van der Waals surface area contributed by atoms with Crippen molar-refractivity contribution in [1.29, 1.82) is 0 Å². The fourth-order valence-electron chi connectivity index (χ4n) is 3.06. The van der Waals surface area contributed by atoms with Gasteiger partial charge in [0.2, 0.25) is 0 Å². The largest absolute Gasteiger partial charge is 0.497 e. The lowest BCUT2D eigenvalue weighted by molar-refractivity contribution is 0.414. The molecule has 8 nitrogen and oxygen atoms in total. The molecule has 0 saturated heterocycles. The highest BCUT2D eigenvalue weighted by Crippen LogP contribution is 2.15. The van der Waals surface area contributed by atoms with E-state index in [1.165, 1.54) is 0 Å². The van der Waals surface area contributed by atoms with Gasteiger partial charge in [-0.05, 0) is 51.1 Å². The van der Waals surface area contributed by atoms with Crippen LogP contribution in [0.15, 0.2) is 41.5 Å². The number of benzene rings is 1. The molecule has 0 saturated carbocycles. The molecule has 1 aromatic carbocycles. The minimum atomic E-state index is 0. The Morgan fingerprint density at radius 3 is 2.43 bits per heavy atom. The Balaban J connectivity index is 0.00000320. The molecule has 0 aliphatic heterocycles. The smallest absolute Gasteiger partial charge is 0.191 e. The maximum Gasteiger partial charge on any atom is 0.191 e. The van der Waals surface area contributed by atoms with Crippen LogP contribution in [0, 0.1) is 13.8 Å². The lowest BCUT2D eigenvalue weighted by Crippen LogP contribution is -2.37. The van der Waals surface area contributed by atoms with Gasteiger partial charge in [-0.15, -0.1) is 24.0 Å². The molecular weight excluding hydrogens is 493 g/mol. The maximum atomic E-state index is 5.20. The summed E-state index contributed by atoms with van der Waals surface area (Å²) in [4.78, 5) is 4.71. The fraction of sp³-hybridized carbons (Fsp3) is 0.381. The van der Waals surface area contributed by atoms with Gasteiger partial charge in [-0.2, -0.15) is 10.2 Å². The van der Waals surface area contributed by atoms with Crippen LogP contribution in [-0.4, -0.2) is 39.2 Å². The third kappa shape index (κ3) is 5.74. The molecule has 2 N–H and O–H groups in total. The average Bonchev–Trinajstić information content (AvgIpc) is 3.29. The highest BCUT2D eigenvalue weighted by molar-refractivity contribution is 14.0. The first-order chi connectivity index (χ1) is 14.0. The van der Waals surface area contributed by atoms with Gasteiger partial charge in [0, 0.05) is 31.0 Å². The molecule has 2 aromatic heterocycles. The highest BCUT2D eigenvalue weighted by atomic mass is 127. The minimum Gasteiger partial charge on any atom is -0.497 e. The number of methoxy groups -OCH3 is 1. The third-order valence-electron chi connectivity index (χ3n) is 4.82. The van der Waals surface area contributed by atoms with Crippen LogP contribution in [0.2, 0.25) is 0 Å². The van der Waals surface area contributed by atoms with Gasteiger partial charge in [-0.1, -0.05) is 0 Å². The number of guanidine groups is 1. The number of hydrogen-bond donors (Lipinski definition) is 2. The second-order valence-electron chi connectivity index (χ2n) is 6.77. The van der Waals surface area contributed by atoms with Gasteiger partial charge in [-0.3, -0.25) is 4.68 Å². The Morgan fingerprint density at radius 1 is 1.10 bits per heavy atom. The molecule has 162 valence electrons. The van der Waals surface area contributed by atoms with Crippen LogP contribution in [0.1, 0.15) is 29.6 Å². The summed E-state index contributed by atoms with van der Waals surface area (Å²) in [5, 5.41) is 15.7. The second kappa shape index (κ2) is 11.0. The van der Waals surface area contributed by atoms with Crippen molar-refractivity contribution in [2.24, 2.45) is 12.0 Å². The molecular formula is C21H30IN7O. The van der Waals surface area contributed by atoms with Crippen molar-refractivity contribution in [1.82, 2.24) is 30.2 Å². The zero-order valence-corrected chi connectivity index (χ0v) is 20.5. The molecule has 0 bridgehead atoms. The first-order valence-electron chi connectivity index (χ1n) is 9.72. The van der Waals surface area contributed by atoms with Gasteiger partial charge >= 0.3 is 0 Å². The number of rotatable bonds is 7. The van der Waals surface area contributed by atoms with E-state index in [1.807, 2.05) is 59.9 Å². The minimum absolute atomic E-state index is 0. The molecule has 0 unspecified atom stereocenters. The number of aliphatic imine (C=N–C) groups is 1. The summed E-state index contributed by atoms with van der Waals surface area (Å²) in [5.74, 6) is 1.59. The van der Waals surface area contributed by atoms with E-state index in [0.717, 1.165) is 46.6 Å². The molecule has 0 fully saturated rings. The Labute approximate surface area is 194 Å². The molecule has 0 spiro atoms. The van der Waals surface area contributed by atoms with E-state index in [9.17, 15) is 0 Å². The Bertz CT molecular complexity index is 976. The van der Waals surface area contributed by atoms with Crippen molar-refractivity contribution >= 4 is 29.9 Å². The number of nitrogens with one attached hydrogen (secondary N) is 2. The zero-order chi connectivity index (χ0) is 20.8. The van der Waals surface area contributed by atoms with E-state index in [-0.39, 0.29) is 24.0 Å². The van der Waals surface area contributed by atoms with E-state index in [4.69, 9.17) is 9.73 Å². The fourth-order valence-corrected chi connectivity index (χ4v) is 3.06. The topological polar surface area (TPSA) is 81.3 Å². The predicted molar refractivity (Wildman–Crippen MR) is 130 cm³/mol. The summed E-state index contributed by atoms with van der Waals surface area (Å²) in [6.07, 6.45) is 1.95. The third-order valence-corrected chi connectivity index (χ3v) is 4.82. The predicted octanol–water partition coefficient (Wildman–Crippen LogP) is 3.10. The van der Waals surface area contributed by atoms with Crippen molar-refractivity contribution in [2.45, 2.75) is 33.9 Å². The van der Waals surface area contributed by atoms with Gasteiger partial charge in [0.05, 0.1) is 37.3 Å². The van der Waals surface area contributed by atoms with E-state index in [1.54, 1.807) is 7.11 Å². The number of halogens is 1. The SMILES string of the molecule is CCNC(=NCc1c(C)nn(C)c1C)NCc1ccn(-c2ccc(OC)cc2)n1.I. The first kappa shape index (κ1) is 23.7. The van der Waals surface area contributed by atoms with Crippen molar-refractivity contribution in [3.8, 4) is 11.4 Å². The van der Waals surface area contributed by atoms with Gasteiger partial charge in [0.15, 0.2) is 5.96 Å². The van der Waals surface area contributed by atoms with E-state index in [0.29, 0.717) is 13.1 Å². The molecule has 0 aliphatic carbocycles. The van der Waals surface area contributed by atoms with Crippen LogP contribution in [-0.2, 0) is 20.1 Å². The van der Waals surface area contributed by atoms with Crippen LogP contribution in [0.4, 0.5) is 0 Å². The van der Waals surface area contributed by atoms with Crippen LogP contribution < -0.4 is 15.4 Å². The van der Waals surface area contributed by atoms with E-state index in [2.05, 4.69) is 34.7 Å². The first-order valence-corrected chi connectivity index (χ1v) is 9.72. The Morgan fingerprint density at radius 2 is 1.83 bits per heavy atom. The number of hydrogen-bond acceptors (Lipinski definition) is 4. The molecule has 30 heavy (non-hydrogen) atoms. The van der Waals surface area contributed by atoms with Crippen LogP contribution in [0.25, 0.3) is 5.69 Å². The quantitative estimate of drug-likeness (QED) is 0.283. The number of aryl methyl sites for hydroxylation is 2. The molecule has 2 heterocycles. The molecule has 0 radical (unpaired) electrons. The monoisotopic (exact) mass is 523 g/mol. The molecule has 0 amide bonds. The Kier molecular flexibility index (Phi) is 8.70. The summed E-state index contributed by atoms with van der Waals surface area (Å²) in [6.45, 7) is 8.09. The van der Waals surface area contributed by atoms with Crippen molar-refractivity contribution in [3.05, 3.63) is 59.2 Å². The molecule has 0 aliphatic rings. The van der Waals surface area contributed by atoms with Gasteiger partial charge in [-0.25, -0.2) is 9.67 Å². The number of ether oxygens (including phenoxy) is 1. The molecule has 9 heteroatoms. The van der Waals surface area contributed by atoms with Crippen LogP contribution in [0.3, 0.4) is 0 Å². The molecule has 3 aromatic rings. The summed E-state index contributed by atoms with van der Waals surface area (Å²) in [6, 6.07) is 9.80. The zero-order valence-electron chi connectivity index (χ0n) is 18.1. The Hall–Kier alpha value is -2.56. The average molecular weight is 523 g/mol. The van der Waals surface area contributed by atoms with Gasteiger partial charge < -0.3 is 15.4 Å². The second-order valence-corrected chi connectivity index (χ2v) is 6.77. The van der Waals surface area contributed by atoms with Gasteiger partial charge in [0.1, 0.15) is 5.75 Å². The van der Waals surface area contributed by atoms with E-state index >= 15 is 0 Å². The van der Waals surface area contributed by atoms with Crippen LogP contribution in [0.5, 0.6) is 5.75 Å². The standard InChI is InChI=1S/C21H29N7O.HI/c1-6-22-21(24-14-20-15(2)25-27(4)16(20)3)23-13-17-11-12-28(26-17)18-7-9-19(29-5)10-8-18;/h7-12H,6,13-14H2,1-5H3,(H2,22,23,24);1H.